The molecule has 0 bridgehead atoms. The fourth-order valence-electron chi connectivity index (χ4n) is 4.96. The predicted octanol–water partition coefficient (Wildman–Crippen LogP) is 5.09. The van der Waals surface area contributed by atoms with E-state index >= 15 is 0 Å². The minimum absolute atomic E-state index is 0. The summed E-state index contributed by atoms with van der Waals surface area (Å²) in [5, 5.41) is 0.559. The number of fused-ring (bicyclic) bond motifs is 2. The fraction of sp³-hybridized carbons (Fsp3) is 0.290. The molecular formula is C31H32ClN3O5. The van der Waals surface area contributed by atoms with Crippen LogP contribution in [0.2, 0.25) is 0 Å². The highest BCUT2D eigenvalue weighted by atomic mass is 35.5. The minimum Gasteiger partial charge on any atom is -0.490 e. The smallest absolute Gasteiger partial charge is 0.261 e. The first kappa shape index (κ1) is 28.8. The average molecular weight is 562 g/mol. The second-order valence-electron chi connectivity index (χ2n) is 9.31. The Labute approximate surface area is 239 Å². The largest absolute Gasteiger partial charge is 0.490 e. The molecule has 208 valence electrons. The van der Waals surface area contributed by atoms with Crippen molar-refractivity contribution in [3.05, 3.63) is 99.6 Å². The SMILES string of the molecule is CCOc1ccc(CCn2c(CCCN3C(=O)c4ccccc4C3=O)nc3ccccc3c2=O)cc1OCC.Cl. The van der Waals surface area contributed by atoms with Crippen LogP contribution >= 0.6 is 12.4 Å². The molecule has 40 heavy (non-hydrogen) atoms. The monoisotopic (exact) mass is 561 g/mol. The minimum atomic E-state index is -0.278. The lowest BCUT2D eigenvalue weighted by Gasteiger charge is -2.17. The Morgan fingerprint density at radius 2 is 1.40 bits per heavy atom. The summed E-state index contributed by atoms with van der Waals surface area (Å²) < 4.78 is 13.1. The number of amides is 2. The molecule has 0 fully saturated rings. The highest BCUT2D eigenvalue weighted by Gasteiger charge is 2.34. The molecule has 0 N–H and O–H groups in total. The number of halogens is 1. The van der Waals surface area contributed by atoms with Gasteiger partial charge in [0.05, 0.1) is 35.2 Å². The summed E-state index contributed by atoms with van der Waals surface area (Å²) >= 11 is 0. The summed E-state index contributed by atoms with van der Waals surface area (Å²) in [6.45, 7) is 5.61. The molecule has 4 aromatic rings. The molecule has 2 amide bonds. The van der Waals surface area contributed by atoms with E-state index in [0.29, 0.717) is 78.4 Å². The predicted molar refractivity (Wildman–Crippen MR) is 156 cm³/mol. The van der Waals surface area contributed by atoms with Gasteiger partial charge in [0.25, 0.3) is 17.4 Å². The molecule has 0 aliphatic carbocycles. The molecule has 2 heterocycles. The van der Waals surface area contributed by atoms with Gasteiger partial charge >= 0.3 is 0 Å². The molecule has 0 atom stereocenters. The van der Waals surface area contributed by atoms with Crippen molar-refractivity contribution in [2.24, 2.45) is 0 Å². The fourth-order valence-corrected chi connectivity index (χ4v) is 4.96. The highest BCUT2D eigenvalue weighted by molar-refractivity contribution is 6.21. The lowest BCUT2D eigenvalue weighted by atomic mass is 10.1. The number of nitrogens with zero attached hydrogens (tertiary/aromatic N) is 3. The van der Waals surface area contributed by atoms with Gasteiger partial charge in [-0.05, 0) is 68.7 Å². The number of aromatic nitrogens is 2. The average Bonchev–Trinajstić information content (AvgIpc) is 3.19. The zero-order valence-corrected chi connectivity index (χ0v) is 23.4. The van der Waals surface area contributed by atoms with Crippen molar-refractivity contribution >= 4 is 35.1 Å². The molecule has 1 aromatic heterocycles. The Morgan fingerprint density at radius 3 is 2.10 bits per heavy atom. The van der Waals surface area contributed by atoms with Crippen LogP contribution in [0.4, 0.5) is 0 Å². The molecule has 0 unspecified atom stereocenters. The summed E-state index contributed by atoms with van der Waals surface area (Å²) in [6.07, 6.45) is 1.53. The van der Waals surface area contributed by atoms with E-state index in [1.807, 2.05) is 50.2 Å². The zero-order valence-electron chi connectivity index (χ0n) is 22.6. The first-order valence-electron chi connectivity index (χ1n) is 13.3. The van der Waals surface area contributed by atoms with Gasteiger partial charge in [0.2, 0.25) is 0 Å². The topological polar surface area (TPSA) is 90.7 Å². The van der Waals surface area contributed by atoms with Gasteiger partial charge in [-0.2, -0.15) is 0 Å². The van der Waals surface area contributed by atoms with Crippen LogP contribution in [0.15, 0.2) is 71.5 Å². The third kappa shape index (κ3) is 5.72. The van der Waals surface area contributed by atoms with E-state index in [-0.39, 0.29) is 36.3 Å². The first-order chi connectivity index (χ1) is 19.0. The standard InChI is InChI=1S/C31H31N3O5.ClH/c1-3-38-26-16-15-21(20-27(26)39-4-2)17-19-33-28(32-25-13-8-7-12-24(25)31(33)37)14-9-18-34-29(35)22-10-5-6-11-23(22)30(34)36;/h5-8,10-13,15-16,20H,3-4,9,14,17-19H2,1-2H3;1H. The number of para-hydroxylation sites is 1. The molecule has 1 aliphatic heterocycles. The van der Waals surface area contributed by atoms with Gasteiger partial charge in [-0.25, -0.2) is 4.98 Å². The van der Waals surface area contributed by atoms with Crippen LogP contribution in [0.3, 0.4) is 0 Å². The number of hydrogen-bond acceptors (Lipinski definition) is 6. The Balaban J connectivity index is 0.00000370. The molecule has 0 saturated carbocycles. The van der Waals surface area contributed by atoms with Gasteiger partial charge in [-0.3, -0.25) is 23.9 Å². The summed E-state index contributed by atoms with van der Waals surface area (Å²) in [6, 6.07) is 20.0. The van der Waals surface area contributed by atoms with Gasteiger partial charge < -0.3 is 9.47 Å². The van der Waals surface area contributed by atoms with Crippen molar-refractivity contribution in [1.29, 1.82) is 0 Å². The van der Waals surface area contributed by atoms with Crippen LogP contribution in [0, 0.1) is 0 Å². The maximum atomic E-state index is 13.5. The first-order valence-corrected chi connectivity index (χ1v) is 13.3. The molecule has 8 nitrogen and oxygen atoms in total. The van der Waals surface area contributed by atoms with Crippen LogP contribution in [0.1, 0.15) is 52.4 Å². The van der Waals surface area contributed by atoms with Crippen LogP contribution in [-0.2, 0) is 19.4 Å². The molecule has 5 rings (SSSR count). The van der Waals surface area contributed by atoms with Crippen LogP contribution in [0.25, 0.3) is 10.9 Å². The van der Waals surface area contributed by atoms with Crippen molar-refractivity contribution in [1.82, 2.24) is 14.5 Å². The summed E-state index contributed by atoms with van der Waals surface area (Å²) in [4.78, 5) is 45.1. The number of imide groups is 1. The maximum absolute atomic E-state index is 13.5. The van der Waals surface area contributed by atoms with Crippen molar-refractivity contribution in [3.8, 4) is 11.5 Å². The van der Waals surface area contributed by atoms with Crippen molar-refractivity contribution in [3.63, 3.8) is 0 Å². The van der Waals surface area contributed by atoms with E-state index in [1.165, 1.54) is 4.90 Å². The number of hydrogen-bond donors (Lipinski definition) is 0. The Hall–Kier alpha value is -4.17. The van der Waals surface area contributed by atoms with Gasteiger partial charge in [0.15, 0.2) is 11.5 Å². The number of benzene rings is 3. The number of ether oxygens (including phenoxy) is 2. The van der Waals surface area contributed by atoms with E-state index in [1.54, 1.807) is 34.9 Å². The Bertz CT molecular complexity index is 1560. The van der Waals surface area contributed by atoms with Crippen molar-refractivity contribution in [2.45, 2.75) is 39.7 Å². The number of carbonyl (C=O) groups is 2. The molecule has 0 saturated heterocycles. The van der Waals surface area contributed by atoms with E-state index in [4.69, 9.17) is 14.5 Å². The summed E-state index contributed by atoms with van der Waals surface area (Å²) in [5.74, 6) is 1.45. The van der Waals surface area contributed by atoms with E-state index in [9.17, 15) is 14.4 Å². The highest BCUT2D eigenvalue weighted by Crippen LogP contribution is 2.29. The number of rotatable bonds is 11. The second-order valence-corrected chi connectivity index (χ2v) is 9.31. The quantitative estimate of drug-likeness (QED) is 0.237. The van der Waals surface area contributed by atoms with Crippen molar-refractivity contribution < 1.29 is 19.1 Å². The third-order valence-corrected chi connectivity index (χ3v) is 6.83. The number of aryl methyl sites for hydroxylation is 2. The lowest BCUT2D eigenvalue weighted by molar-refractivity contribution is 0.0652. The third-order valence-electron chi connectivity index (χ3n) is 6.83. The Morgan fingerprint density at radius 1 is 0.750 bits per heavy atom. The normalized spacial score (nSPS) is 12.4. The molecule has 9 heteroatoms. The van der Waals surface area contributed by atoms with Gasteiger partial charge in [0.1, 0.15) is 5.82 Å². The molecule has 3 aromatic carbocycles. The van der Waals surface area contributed by atoms with E-state index in [0.717, 1.165) is 5.56 Å². The van der Waals surface area contributed by atoms with Gasteiger partial charge in [-0.15, -0.1) is 12.4 Å². The summed E-state index contributed by atoms with van der Waals surface area (Å²) in [5.41, 5.74) is 2.41. The summed E-state index contributed by atoms with van der Waals surface area (Å²) in [7, 11) is 0. The molecule has 0 radical (unpaired) electrons. The van der Waals surface area contributed by atoms with Crippen LogP contribution in [-0.4, -0.2) is 46.0 Å². The van der Waals surface area contributed by atoms with Gasteiger partial charge in [0, 0.05) is 19.5 Å². The second kappa shape index (κ2) is 12.8. The number of carbonyl (C=O) groups excluding carboxylic acids is 2. The van der Waals surface area contributed by atoms with E-state index < -0.39 is 0 Å². The van der Waals surface area contributed by atoms with Crippen LogP contribution in [0.5, 0.6) is 11.5 Å². The van der Waals surface area contributed by atoms with Crippen LogP contribution < -0.4 is 15.0 Å². The molecule has 1 aliphatic rings. The van der Waals surface area contributed by atoms with Gasteiger partial charge in [-0.1, -0.05) is 30.3 Å². The molecular weight excluding hydrogens is 530 g/mol. The van der Waals surface area contributed by atoms with E-state index in [2.05, 4.69) is 0 Å². The van der Waals surface area contributed by atoms with Crippen molar-refractivity contribution in [2.75, 3.05) is 19.8 Å². The Kier molecular flexibility index (Phi) is 9.22. The molecule has 0 spiro atoms. The maximum Gasteiger partial charge on any atom is 0.261 e. The zero-order chi connectivity index (χ0) is 27.4. The lowest BCUT2D eigenvalue weighted by Crippen LogP contribution is -2.32.